The maximum Gasteiger partial charge on any atom is 0.338 e. The van der Waals surface area contributed by atoms with Gasteiger partial charge >= 0.3 is 5.97 Å². The van der Waals surface area contributed by atoms with Gasteiger partial charge in [0.05, 0.1) is 26.8 Å². The van der Waals surface area contributed by atoms with Gasteiger partial charge in [-0.05, 0) is 43.3 Å². The Kier molecular flexibility index (Phi) is 6.02. The quantitative estimate of drug-likeness (QED) is 0.539. The normalized spacial score (nSPS) is 11.2. The van der Waals surface area contributed by atoms with Crippen molar-refractivity contribution in [3.63, 3.8) is 0 Å². The number of ether oxygens (including phenoxy) is 1. The number of carbonyl (C=O) groups is 1. The van der Waals surface area contributed by atoms with Crippen LogP contribution in [-0.4, -0.2) is 26.4 Å². The molecule has 0 fully saturated rings. The Balaban J connectivity index is 1.80. The number of aromatic nitrogens is 1. The molecule has 0 bridgehead atoms. The van der Waals surface area contributed by atoms with Gasteiger partial charge in [-0.3, -0.25) is 4.31 Å². The lowest BCUT2D eigenvalue weighted by Gasteiger charge is -2.20. The van der Waals surface area contributed by atoms with Gasteiger partial charge in [-0.15, -0.1) is 11.3 Å². The first-order chi connectivity index (χ1) is 13.3. The van der Waals surface area contributed by atoms with E-state index in [-0.39, 0.29) is 17.1 Å². The molecule has 0 atom stereocenters. The number of anilines is 1. The lowest BCUT2D eigenvalue weighted by molar-refractivity contribution is 0.0468. The van der Waals surface area contributed by atoms with Crippen LogP contribution in [0.2, 0.25) is 5.02 Å². The van der Waals surface area contributed by atoms with Crippen LogP contribution in [0.4, 0.5) is 5.69 Å². The largest absolute Gasteiger partial charge is 0.456 e. The highest BCUT2D eigenvalue weighted by molar-refractivity contribution is 7.92. The maximum absolute atomic E-state index is 12.9. The molecule has 9 heteroatoms. The lowest BCUT2D eigenvalue weighted by atomic mass is 10.2. The van der Waals surface area contributed by atoms with Crippen molar-refractivity contribution in [2.75, 3.05) is 11.4 Å². The van der Waals surface area contributed by atoms with E-state index in [2.05, 4.69) is 4.98 Å². The number of hydrogen-bond acceptors (Lipinski definition) is 6. The third-order valence-electron chi connectivity index (χ3n) is 3.92. The summed E-state index contributed by atoms with van der Waals surface area (Å²) in [6.45, 7) is 1.89. The first-order valence-corrected chi connectivity index (χ1v) is 10.9. The summed E-state index contributed by atoms with van der Waals surface area (Å²) in [5.41, 5.74) is 1.22. The molecule has 3 rings (SSSR count). The molecule has 146 valence electrons. The van der Waals surface area contributed by atoms with E-state index in [9.17, 15) is 13.2 Å². The number of thiazole rings is 1. The smallest absolute Gasteiger partial charge is 0.338 e. The van der Waals surface area contributed by atoms with Crippen molar-refractivity contribution < 1.29 is 17.9 Å². The molecule has 2 aromatic carbocycles. The molecule has 0 unspecified atom stereocenters. The van der Waals surface area contributed by atoms with E-state index in [0.29, 0.717) is 16.4 Å². The third kappa shape index (κ3) is 4.52. The van der Waals surface area contributed by atoms with Crippen LogP contribution in [0, 0.1) is 6.92 Å². The highest BCUT2D eigenvalue weighted by atomic mass is 35.5. The fourth-order valence-electron chi connectivity index (χ4n) is 2.45. The standard InChI is InChI=1S/C19H17ClN2O4S2/c1-13-21-16(12-27-13)11-26-19(23)14-5-3-8-18(9-14)28(24,25)22(2)17-7-4-6-15(20)10-17/h3-10,12H,11H2,1-2H3. The van der Waals surface area contributed by atoms with Crippen LogP contribution < -0.4 is 4.31 Å². The minimum atomic E-state index is -3.87. The molecule has 0 radical (unpaired) electrons. The van der Waals surface area contributed by atoms with Crippen LogP contribution in [0.5, 0.6) is 0 Å². The molecule has 0 saturated heterocycles. The average Bonchev–Trinajstić information content (AvgIpc) is 3.10. The fraction of sp³-hybridized carbons (Fsp3) is 0.158. The monoisotopic (exact) mass is 436 g/mol. The molecule has 28 heavy (non-hydrogen) atoms. The number of sulfonamides is 1. The predicted molar refractivity (Wildman–Crippen MR) is 109 cm³/mol. The van der Waals surface area contributed by atoms with E-state index < -0.39 is 16.0 Å². The molecule has 3 aromatic rings. The first-order valence-electron chi connectivity index (χ1n) is 8.20. The van der Waals surface area contributed by atoms with Gasteiger partial charge in [0.15, 0.2) is 0 Å². The van der Waals surface area contributed by atoms with E-state index >= 15 is 0 Å². The molecule has 0 aliphatic heterocycles. The van der Waals surface area contributed by atoms with Crippen LogP contribution in [0.15, 0.2) is 58.8 Å². The molecule has 0 aliphatic rings. The van der Waals surface area contributed by atoms with E-state index in [0.717, 1.165) is 9.31 Å². The number of aryl methyl sites for hydroxylation is 1. The number of halogens is 1. The van der Waals surface area contributed by atoms with Gasteiger partial charge in [-0.25, -0.2) is 18.2 Å². The zero-order chi connectivity index (χ0) is 20.3. The Bertz CT molecular complexity index is 1110. The van der Waals surface area contributed by atoms with Crippen molar-refractivity contribution in [1.29, 1.82) is 0 Å². The number of carbonyl (C=O) groups excluding carboxylic acids is 1. The average molecular weight is 437 g/mol. The number of esters is 1. The van der Waals surface area contributed by atoms with Crippen molar-refractivity contribution in [2.45, 2.75) is 18.4 Å². The molecule has 0 spiro atoms. The Morgan fingerprint density at radius 1 is 1.21 bits per heavy atom. The van der Waals surface area contributed by atoms with Crippen LogP contribution in [0.1, 0.15) is 21.1 Å². The molecular weight excluding hydrogens is 420 g/mol. The van der Waals surface area contributed by atoms with Crippen molar-refractivity contribution in [1.82, 2.24) is 4.98 Å². The first kappa shape index (κ1) is 20.3. The van der Waals surface area contributed by atoms with Crippen LogP contribution in [0.25, 0.3) is 0 Å². The summed E-state index contributed by atoms with van der Waals surface area (Å²) in [4.78, 5) is 16.5. The van der Waals surface area contributed by atoms with Gasteiger partial charge in [-0.1, -0.05) is 23.7 Å². The van der Waals surface area contributed by atoms with Gasteiger partial charge < -0.3 is 4.74 Å². The van der Waals surface area contributed by atoms with Gasteiger partial charge in [0, 0.05) is 17.5 Å². The SMILES string of the molecule is Cc1nc(COC(=O)c2cccc(S(=O)(=O)N(C)c3cccc(Cl)c3)c2)cs1. The molecule has 0 saturated carbocycles. The van der Waals surface area contributed by atoms with Crippen molar-refractivity contribution in [3.05, 3.63) is 75.2 Å². The second-order valence-corrected chi connectivity index (χ2v) is 9.38. The van der Waals surface area contributed by atoms with Crippen molar-refractivity contribution in [2.24, 2.45) is 0 Å². The Morgan fingerprint density at radius 2 is 1.96 bits per heavy atom. The zero-order valence-electron chi connectivity index (χ0n) is 15.1. The topological polar surface area (TPSA) is 76.6 Å². The van der Waals surface area contributed by atoms with Gasteiger partial charge in [0.25, 0.3) is 10.0 Å². The minimum Gasteiger partial charge on any atom is -0.456 e. The van der Waals surface area contributed by atoms with Crippen molar-refractivity contribution in [3.8, 4) is 0 Å². The lowest BCUT2D eigenvalue weighted by Crippen LogP contribution is -2.26. The highest BCUT2D eigenvalue weighted by Crippen LogP contribution is 2.25. The van der Waals surface area contributed by atoms with Crippen LogP contribution >= 0.6 is 22.9 Å². The molecular formula is C19H17ClN2O4S2. The molecule has 6 nitrogen and oxygen atoms in total. The molecule has 1 heterocycles. The van der Waals surface area contributed by atoms with Gasteiger partial charge in [0.2, 0.25) is 0 Å². The number of nitrogens with zero attached hydrogens (tertiary/aromatic N) is 2. The van der Waals surface area contributed by atoms with E-state index in [1.54, 1.807) is 24.3 Å². The van der Waals surface area contributed by atoms with Gasteiger partial charge in [-0.2, -0.15) is 0 Å². The summed E-state index contributed by atoms with van der Waals surface area (Å²) in [5, 5.41) is 3.11. The summed E-state index contributed by atoms with van der Waals surface area (Å²) < 4.78 is 32.2. The Labute approximate surface area is 172 Å². The summed E-state index contributed by atoms with van der Waals surface area (Å²) in [5.74, 6) is -0.617. The second kappa shape index (κ2) is 8.30. The third-order valence-corrected chi connectivity index (χ3v) is 6.76. The number of hydrogen-bond donors (Lipinski definition) is 0. The maximum atomic E-state index is 12.9. The molecule has 1 aromatic heterocycles. The summed E-state index contributed by atoms with van der Waals surface area (Å²) >= 11 is 7.41. The molecule has 0 amide bonds. The van der Waals surface area contributed by atoms with Crippen LogP contribution in [-0.2, 0) is 21.4 Å². The summed E-state index contributed by atoms with van der Waals surface area (Å²) in [7, 11) is -2.45. The van der Waals surface area contributed by atoms with E-state index in [1.807, 2.05) is 12.3 Å². The van der Waals surface area contributed by atoms with E-state index in [1.165, 1.54) is 42.6 Å². The number of benzene rings is 2. The Hall–Kier alpha value is -2.42. The molecule has 0 N–H and O–H groups in total. The number of rotatable bonds is 6. The van der Waals surface area contributed by atoms with E-state index in [4.69, 9.17) is 16.3 Å². The Morgan fingerprint density at radius 3 is 2.64 bits per heavy atom. The molecule has 0 aliphatic carbocycles. The zero-order valence-corrected chi connectivity index (χ0v) is 17.5. The summed E-state index contributed by atoms with van der Waals surface area (Å²) in [6, 6.07) is 12.2. The van der Waals surface area contributed by atoms with Crippen LogP contribution in [0.3, 0.4) is 0 Å². The fourth-order valence-corrected chi connectivity index (χ4v) is 4.47. The second-order valence-electron chi connectivity index (χ2n) is 5.91. The van der Waals surface area contributed by atoms with Crippen molar-refractivity contribution >= 4 is 44.6 Å². The predicted octanol–water partition coefficient (Wildman–Crippen LogP) is 4.29. The highest BCUT2D eigenvalue weighted by Gasteiger charge is 2.23. The minimum absolute atomic E-state index is 0.0195. The van der Waals surface area contributed by atoms with Gasteiger partial charge in [0.1, 0.15) is 6.61 Å². The summed E-state index contributed by atoms with van der Waals surface area (Å²) in [6.07, 6.45) is 0.